The van der Waals surface area contributed by atoms with Gasteiger partial charge in [0.2, 0.25) is 0 Å². The number of nitrogens with one attached hydrogen (secondary N) is 3. The van der Waals surface area contributed by atoms with Gasteiger partial charge in [0.05, 0.1) is 11.4 Å². The van der Waals surface area contributed by atoms with Gasteiger partial charge >= 0.3 is 0 Å². The molecule has 0 spiro atoms. The molecule has 1 aliphatic heterocycles. The van der Waals surface area contributed by atoms with Crippen molar-refractivity contribution in [3.63, 3.8) is 0 Å². The van der Waals surface area contributed by atoms with Crippen molar-refractivity contribution in [3.05, 3.63) is 23.8 Å². The first-order chi connectivity index (χ1) is 6.27. The Morgan fingerprint density at radius 1 is 1.15 bits per heavy atom. The molecule has 0 aromatic heterocycles. The number of hydrogen-bond acceptors (Lipinski definition) is 3. The molecule has 1 aromatic rings. The highest BCUT2D eigenvalue weighted by molar-refractivity contribution is 5.72. The zero-order chi connectivity index (χ0) is 9.68. The van der Waals surface area contributed by atoms with Crippen molar-refractivity contribution in [1.29, 1.82) is 0 Å². The Morgan fingerprint density at radius 3 is 2.46 bits per heavy atom. The lowest BCUT2D eigenvalue weighted by atomic mass is 10.2. The smallest absolute Gasteiger partial charge is 0.0753 e. The maximum atomic E-state index is 2.98. The molecule has 0 atom stereocenters. The first kappa shape index (κ1) is 9.86. The highest BCUT2D eigenvalue weighted by Gasteiger charge is 2.06. The summed E-state index contributed by atoms with van der Waals surface area (Å²) in [6.07, 6.45) is 1.25. The van der Waals surface area contributed by atoms with Gasteiger partial charge in [0.15, 0.2) is 0 Å². The van der Waals surface area contributed by atoms with Gasteiger partial charge in [-0.2, -0.15) is 0 Å². The molecule has 1 aliphatic rings. The van der Waals surface area contributed by atoms with E-state index in [1.54, 1.807) is 0 Å². The van der Waals surface area contributed by atoms with Gasteiger partial charge in [-0.25, -0.2) is 0 Å². The number of hydrogen-bond donors (Lipinski definition) is 3. The van der Waals surface area contributed by atoms with Crippen LogP contribution < -0.4 is 16.4 Å². The molecular weight excluding hydrogens is 162 g/mol. The lowest BCUT2D eigenvalue weighted by molar-refractivity contribution is 1.01. The van der Waals surface area contributed by atoms with E-state index in [2.05, 4.69) is 49.3 Å². The molecule has 13 heavy (non-hydrogen) atoms. The first-order valence-corrected chi connectivity index (χ1v) is 4.65. The van der Waals surface area contributed by atoms with E-state index in [0.29, 0.717) is 0 Å². The van der Waals surface area contributed by atoms with Crippen LogP contribution in [0.5, 0.6) is 0 Å². The zero-order valence-electron chi connectivity index (χ0n) is 8.44. The summed E-state index contributed by atoms with van der Waals surface area (Å²) in [5.74, 6) is 0. The molecule has 0 saturated heterocycles. The molecular formula is C10H19N3. The van der Waals surface area contributed by atoms with Gasteiger partial charge in [0.25, 0.3) is 0 Å². The van der Waals surface area contributed by atoms with Gasteiger partial charge in [-0.3, -0.25) is 0 Å². The standard InChI is InChI=1S/C7H9N3.C3H8.H2/c1-5-2-3-6-7(4-5)9-10-8-6;1-3-2;/h2-4,8-10H,1H3;3H2,1-2H3;1H. The monoisotopic (exact) mass is 181 g/mol. The topological polar surface area (TPSA) is 36.1 Å². The average molecular weight is 181 g/mol. The van der Waals surface area contributed by atoms with Crippen LogP contribution in [0.25, 0.3) is 0 Å². The van der Waals surface area contributed by atoms with Crippen LogP contribution in [0.1, 0.15) is 27.3 Å². The Kier molecular flexibility index (Phi) is 3.58. The first-order valence-electron chi connectivity index (χ1n) is 4.65. The molecule has 0 saturated carbocycles. The molecule has 74 valence electrons. The molecule has 3 N–H and O–H groups in total. The van der Waals surface area contributed by atoms with Crippen molar-refractivity contribution in [2.24, 2.45) is 0 Å². The van der Waals surface area contributed by atoms with Gasteiger partial charge in [-0.05, 0) is 24.6 Å². The summed E-state index contributed by atoms with van der Waals surface area (Å²) < 4.78 is 0. The molecule has 2 rings (SSSR count). The number of anilines is 2. The summed E-state index contributed by atoms with van der Waals surface area (Å²) in [5, 5.41) is 0. The van der Waals surface area contributed by atoms with E-state index >= 15 is 0 Å². The summed E-state index contributed by atoms with van der Waals surface area (Å²) in [7, 11) is 0. The van der Waals surface area contributed by atoms with Crippen LogP contribution in [0.3, 0.4) is 0 Å². The van der Waals surface area contributed by atoms with Crippen LogP contribution in [-0.4, -0.2) is 0 Å². The van der Waals surface area contributed by atoms with Gasteiger partial charge in [0, 0.05) is 1.43 Å². The van der Waals surface area contributed by atoms with E-state index < -0.39 is 0 Å². The third kappa shape index (κ3) is 2.63. The Bertz CT molecular complexity index is 276. The third-order valence-corrected chi connectivity index (χ3v) is 1.57. The molecule has 0 aliphatic carbocycles. The highest BCUT2D eigenvalue weighted by Crippen LogP contribution is 2.24. The summed E-state index contributed by atoms with van der Waals surface area (Å²) in [5.41, 5.74) is 12.2. The Labute approximate surface area is 81.0 Å². The van der Waals surface area contributed by atoms with Crippen LogP contribution in [0.2, 0.25) is 0 Å². The second-order valence-corrected chi connectivity index (χ2v) is 3.13. The fourth-order valence-corrected chi connectivity index (χ4v) is 1.04. The Morgan fingerprint density at radius 2 is 1.77 bits per heavy atom. The second-order valence-electron chi connectivity index (χ2n) is 3.13. The number of rotatable bonds is 0. The molecule has 0 amide bonds. The molecule has 0 bridgehead atoms. The second kappa shape index (κ2) is 4.72. The molecule has 0 fully saturated rings. The number of hydrazine groups is 2. The van der Waals surface area contributed by atoms with Crippen molar-refractivity contribution in [2.45, 2.75) is 27.2 Å². The van der Waals surface area contributed by atoms with Gasteiger partial charge in [-0.1, -0.05) is 26.3 Å². The third-order valence-electron chi connectivity index (χ3n) is 1.57. The quantitative estimate of drug-likeness (QED) is 0.576. The lowest BCUT2D eigenvalue weighted by Gasteiger charge is -1.96. The molecule has 1 aromatic carbocycles. The van der Waals surface area contributed by atoms with E-state index in [0.717, 1.165) is 11.4 Å². The lowest BCUT2D eigenvalue weighted by Crippen LogP contribution is -2.19. The molecule has 3 heteroatoms. The largest absolute Gasteiger partial charge is 0.302 e. The summed E-state index contributed by atoms with van der Waals surface area (Å²) in [6.45, 7) is 6.32. The fourth-order valence-electron chi connectivity index (χ4n) is 1.04. The van der Waals surface area contributed by atoms with E-state index in [9.17, 15) is 0 Å². The normalized spacial score (nSPS) is 11.9. The number of benzene rings is 1. The minimum atomic E-state index is 0. The minimum Gasteiger partial charge on any atom is -0.302 e. The van der Waals surface area contributed by atoms with Crippen molar-refractivity contribution >= 4 is 11.4 Å². The maximum absolute atomic E-state index is 2.98. The van der Waals surface area contributed by atoms with Crippen molar-refractivity contribution in [2.75, 3.05) is 10.9 Å². The molecule has 1 heterocycles. The van der Waals surface area contributed by atoms with Crippen LogP contribution in [0.15, 0.2) is 18.2 Å². The highest BCUT2D eigenvalue weighted by atomic mass is 15.6. The zero-order valence-corrected chi connectivity index (χ0v) is 8.44. The van der Waals surface area contributed by atoms with Gasteiger partial charge < -0.3 is 10.9 Å². The summed E-state index contributed by atoms with van der Waals surface area (Å²) in [6, 6.07) is 6.19. The van der Waals surface area contributed by atoms with Crippen LogP contribution in [-0.2, 0) is 0 Å². The predicted molar refractivity (Wildman–Crippen MR) is 59.6 cm³/mol. The summed E-state index contributed by atoms with van der Waals surface area (Å²) >= 11 is 0. The number of fused-ring (bicyclic) bond motifs is 1. The SMILES string of the molecule is CCC.Cc1ccc2c(c1)NNN2.[HH]. The summed E-state index contributed by atoms with van der Waals surface area (Å²) in [4.78, 5) is 0. The maximum Gasteiger partial charge on any atom is 0.0753 e. The Hall–Kier alpha value is -1.22. The van der Waals surface area contributed by atoms with Gasteiger partial charge in [-0.15, -0.1) is 5.53 Å². The average Bonchev–Trinajstić information content (AvgIpc) is 2.52. The van der Waals surface area contributed by atoms with Crippen molar-refractivity contribution in [3.8, 4) is 0 Å². The fraction of sp³-hybridized carbons (Fsp3) is 0.400. The Balaban J connectivity index is 0.000000381. The van der Waals surface area contributed by atoms with E-state index in [-0.39, 0.29) is 1.43 Å². The molecule has 0 unspecified atom stereocenters. The van der Waals surface area contributed by atoms with E-state index in [1.807, 2.05) is 6.07 Å². The van der Waals surface area contributed by atoms with Crippen LogP contribution in [0, 0.1) is 6.92 Å². The van der Waals surface area contributed by atoms with Crippen molar-refractivity contribution in [1.82, 2.24) is 5.53 Å². The van der Waals surface area contributed by atoms with Crippen molar-refractivity contribution < 1.29 is 1.43 Å². The van der Waals surface area contributed by atoms with Crippen LogP contribution >= 0.6 is 0 Å². The minimum absolute atomic E-state index is 0. The van der Waals surface area contributed by atoms with Gasteiger partial charge in [0.1, 0.15) is 0 Å². The van der Waals surface area contributed by atoms with E-state index in [4.69, 9.17) is 0 Å². The predicted octanol–water partition coefficient (Wildman–Crippen LogP) is 2.91. The van der Waals surface area contributed by atoms with E-state index in [1.165, 1.54) is 12.0 Å². The molecule has 0 radical (unpaired) electrons. The van der Waals surface area contributed by atoms with Crippen LogP contribution in [0.4, 0.5) is 11.4 Å². The number of aryl methyl sites for hydroxylation is 1. The molecule has 3 nitrogen and oxygen atoms in total.